The van der Waals surface area contributed by atoms with Gasteiger partial charge in [0.25, 0.3) is 0 Å². The van der Waals surface area contributed by atoms with E-state index in [1.165, 1.54) is 0 Å². The predicted molar refractivity (Wildman–Crippen MR) is 54.6 cm³/mol. The molecule has 5 nitrogen and oxygen atoms in total. The van der Waals surface area contributed by atoms with Crippen LogP contribution in [0, 0.1) is 6.92 Å². The Kier molecular flexibility index (Phi) is 2.73. The average Bonchev–Trinajstić information content (AvgIpc) is 2.76. The van der Waals surface area contributed by atoms with E-state index in [1.54, 1.807) is 10.9 Å². The molecule has 0 bridgehead atoms. The molecule has 0 aliphatic carbocycles. The molecule has 80 valence electrons. The first-order valence-corrected chi connectivity index (χ1v) is 5.05. The van der Waals surface area contributed by atoms with E-state index >= 15 is 0 Å². The first-order chi connectivity index (χ1) is 7.15. The number of halogens is 1. The van der Waals surface area contributed by atoms with Gasteiger partial charge < -0.3 is 4.52 Å². The minimum Gasteiger partial charge on any atom is -0.359 e. The summed E-state index contributed by atoms with van der Waals surface area (Å²) in [4.78, 5) is 0. The molecule has 1 unspecified atom stereocenters. The van der Waals surface area contributed by atoms with Crippen LogP contribution in [0.4, 0.5) is 0 Å². The van der Waals surface area contributed by atoms with Gasteiger partial charge in [0.1, 0.15) is 12.2 Å². The SMILES string of the molecule is Cc1cc(Cn2cc(C(C)Cl)nn2)on1. The van der Waals surface area contributed by atoms with Gasteiger partial charge in [0.05, 0.1) is 17.3 Å². The number of aryl methyl sites for hydroxylation is 1. The van der Waals surface area contributed by atoms with Crippen LogP contribution < -0.4 is 0 Å². The maximum atomic E-state index is 5.87. The standard InChI is InChI=1S/C9H11ClN4O/c1-6-3-8(15-12-6)4-14-5-9(7(2)10)11-13-14/h3,5,7H,4H2,1-2H3. The van der Waals surface area contributed by atoms with Gasteiger partial charge in [-0.25, -0.2) is 4.68 Å². The van der Waals surface area contributed by atoms with Gasteiger partial charge in [-0.3, -0.25) is 0 Å². The van der Waals surface area contributed by atoms with Crippen LogP contribution in [0.3, 0.4) is 0 Å². The van der Waals surface area contributed by atoms with Gasteiger partial charge in [0, 0.05) is 6.07 Å². The van der Waals surface area contributed by atoms with Crippen molar-refractivity contribution in [1.82, 2.24) is 20.2 Å². The summed E-state index contributed by atoms with van der Waals surface area (Å²) in [6.45, 7) is 4.26. The number of rotatable bonds is 3. The highest BCUT2D eigenvalue weighted by atomic mass is 35.5. The van der Waals surface area contributed by atoms with Crippen molar-refractivity contribution in [1.29, 1.82) is 0 Å². The largest absolute Gasteiger partial charge is 0.359 e. The summed E-state index contributed by atoms with van der Waals surface area (Å²) in [6, 6.07) is 1.87. The molecule has 6 heteroatoms. The van der Waals surface area contributed by atoms with E-state index in [1.807, 2.05) is 19.9 Å². The molecular weight excluding hydrogens is 216 g/mol. The summed E-state index contributed by atoms with van der Waals surface area (Å²) >= 11 is 5.87. The Hall–Kier alpha value is -1.36. The fourth-order valence-electron chi connectivity index (χ4n) is 1.22. The van der Waals surface area contributed by atoms with Crippen molar-refractivity contribution < 1.29 is 4.52 Å². The number of aromatic nitrogens is 4. The third-order valence-electron chi connectivity index (χ3n) is 1.96. The second-order valence-corrected chi connectivity index (χ2v) is 4.05. The van der Waals surface area contributed by atoms with E-state index in [0.29, 0.717) is 6.54 Å². The van der Waals surface area contributed by atoms with Crippen molar-refractivity contribution in [2.75, 3.05) is 0 Å². The van der Waals surface area contributed by atoms with Crippen LogP contribution in [0.5, 0.6) is 0 Å². The van der Waals surface area contributed by atoms with Crippen molar-refractivity contribution in [3.63, 3.8) is 0 Å². The second-order valence-electron chi connectivity index (χ2n) is 3.39. The van der Waals surface area contributed by atoms with Gasteiger partial charge in [-0.15, -0.1) is 16.7 Å². The van der Waals surface area contributed by atoms with Gasteiger partial charge in [0.2, 0.25) is 0 Å². The summed E-state index contributed by atoms with van der Waals surface area (Å²) in [7, 11) is 0. The molecule has 0 spiro atoms. The molecule has 0 aliphatic rings. The van der Waals surface area contributed by atoms with Crippen molar-refractivity contribution >= 4 is 11.6 Å². The Morgan fingerprint density at radius 3 is 2.93 bits per heavy atom. The first-order valence-electron chi connectivity index (χ1n) is 4.61. The zero-order valence-corrected chi connectivity index (χ0v) is 9.27. The average molecular weight is 227 g/mol. The van der Waals surface area contributed by atoms with E-state index < -0.39 is 0 Å². The van der Waals surface area contributed by atoms with E-state index in [9.17, 15) is 0 Å². The molecule has 0 N–H and O–H groups in total. The lowest BCUT2D eigenvalue weighted by atomic mass is 10.3. The summed E-state index contributed by atoms with van der Waals surface area (Å²) in [5, 5.41) is 11.5. The summed E-state index contributed by atoms with van der Waals surface area (Å²) in [6.07, 6.45) is 1.80. The van der Waals surface area contributed by atoms with Crippen molar-refractivity contribution in [2.24, 2.45) is 0 Å². The number of alkyl halides is 1. The van der Waals surface area contributed by atoms with Crippen LogP contribution in [0.15, 0.2) is 16.8 Å². The Balaban J connectivity index is 2.11. The highest BCUT2D eigenvalue weighted by molar-refractivity contribution is 6.20. The maximum Gasteiger partial charge on any atom is 0.158 e. The molecule has 0 saturated heterocycles. The minimum atomic E-state index is -0.129. The third-order valence-corrected chi connectivity index (χ3v) is 2.18. The van der Waals surface area contributed by atoms with Crippen LogP contribution in [0.2, 0.25) is 0 Å². The van der Waals surface area contributed by atoms with Crippen molar-refractivity contribution in [2.45, 2.75) is 25.8 Å². The topological polar surface area (TPSA) is 56.7 Å². The zero-order valence-electron chi connectivity index (χ0n) is 8.51. The lowest BCUT2D eigenvalue weighted by Crippen LogP contribution is -1.98. The molecule has 0 amide bonds. The molecule has 0 fully saturated rings. The molecule has 0 radical (unpaired) electrons. The molecular formula is C9H11ClN4O. The lowest BCUT2D eigenvalue weighted by Gasteiger charge is -1.94. The van der Waals surface area contributed by atoms with E-state index in [0.717, 1.165) is 17.1 Å². The molecule has 2 rings (SSSR count). The zero-order chi connectivity index (χ0) is 10.8. The van der Waals surface area contributed by atoms with Gasteiger partial charge in [0.15, 0.2) is 5.76 Å². The summed E-state index contributed by atoms with van der Waals surface area (Å²) in [5.74, 6) is 0.756. The number of hydrogen-bond donors (Lipinski definition) is 0. The van der Waals surface area contributed by atoms with Gasteiger partial charge in [-0.05, 0) is 13.8 Å². The van der Waals surface area contributed by atoms with Crippen LogP contribution in [0.25, 0.3) is 0 Å². The highest BCUT2D eigenvalue weighted by Gasteiger charge is 2.08. The Bertz CT molecular complexity index is 448. The van der Waals surface area contributed by atoms with Crippen molar-refractivity contribution in [3.8, 4) is 0 Å². The number of nitrogens with zero attached hydrogens (tertiary/aromatic N) is 4. The molecule has 0 aromatic carbocycles. The second kappa shape index (κ2) is 4.02. The summed E-state index contributed by atoms with van der Waals surface area (Å²) < 4.78 is 6.74. The molecule has 0 saturated carbocycles. The fraction of sp³-hybridized carbons (Fsp3) is 0.444. The van der Waals surface area contributed by atoms with Gasteiger partial charge in [-0.2, -0.15) is 0 Å². The van der Waals surface area contributed by atoms with Gasteiger partial charge in [-0.1, -0.05) is 10.4 Å². The smallest absolute Gasteiger partial charge is 0.158 e. The predicted octanol–water partition coefficient (Wildman–Crippen LogP) is 1.92. The van der Waals surface area contributed by atoms with E-state index in [-0.39, 0.29) is 5.38 Å². The molecule has 1 atom stereocenters. The van der Waals surface area contributed by atoms with E-state index in [2.05, 4.69) is 15.5 Å². The Morgan fingerprint density at radius 1 is 1.60 bits per heavy atom. The van der Waals surface area contributed by atoms with E-state index in [4.69, 9.17) is 16.1 Å². The molecule has 2 aromatic rings. The van der Waals surface area contributed by atoms with Crippen LogP contribution in [0.1, 0.15) is 29.4 Å². The highest BCUT2D eigenvalue weighted by Crippen LogP contribution is 2.15. The van der Waals surface area contributed by atoms with Crippen LogP contribution >= 0.6 is 11.6 Å². The van der Waals surface area contributed by atoms with Crippen molar-refractivity contribution in [3.05, 3.63) is 29.4 Å². The van der Waals surface area contributed by atoms with Gasteiger partial charge >= 0.3 is 0 Å². The monoisotopic (exact) mass is 226 g/mol. The molecule has 2 heterocycles. The fourth-order valence-corrected chi connectivity index (χ4v) is 1.32. The minimum absolute atomic E-state index is 0.129. The maximum absolute atomic E-state index is 5.87. The molecule has 15 heavy (non-hydrogen) atoms. The quantitative estimate of drug-likeness (QED) is 0.751. The number of hydrogen-bond acceptors (Lipinski definition) is 4. The Labute approximate surface area is 92.0 Å². The molecule has 0 aliphatic heterocycles. The lowest BCUT2D eigenvalue weighted by molar-refractivity contribution is 0.367. The summed E-state index contributed by atoms with van der Waals surface area (Å²) in [5.41, 5.74) is 1.61. The normalized spacial score (nSPS) is 13.0. The van der Waals surface area contributed by atoms with Crippen LogP contribution in [-0.2, 0) is 6.54 Å². The molecule has 2 aromatic heterocycles. The Morgan fingerprint density at radius 2 is 2.40 bits per heavy atom. The third kappa shape index (κ3) is 2.36. The van der Waals surface area contributed by atoms with Crippen LogP contribution in [-0.4, -0.2) is 20.2 Å². The first kappa shape index (κ1) is 10.2.